The Bertz CT molecular complexity index is 210. The number of nitrogens with two attached hydrogens (primary N) is 1. The van der Waals surface area contributed by atoms with Gasteiger partial charge in [-0.3, -0.25) is 9.79 Å². The summed E-state index contributed by atoms with van der Waals surface area (Å²) < 4.78 is 13.7. The molecule has 5 N–H and O–H groups in total. The van der Waals surface area contributed by atoms with Crippen molar-refractivity contribution in [3.8, 4) is 0 Å². The molecule has 7 nitrogen and oxygen atoms in total. The lowest BCUT2D eigenvalue weighted by molar-refractivity contribution is -0.139. The van der Waals surface area contributed by atoms with E-state index in [-0.39, 0.29) is 0 Å². The van der Waals surface area contributed by atoms with E-state index >= 15 is 0 Å². The Hall–Kier alpha value is -0.460. The number of phosphoric ester groups is 1. The van der Waals surface area contributed by atoms with Crippen LogP contribution in [0.4, 0.5) is 0 Å². The number of carbonyl (C=O) groups is 1. The van der Waals surface area contributed by atoms with Crippen LogP contribution in [0.3, 0.4) is 0 Å². The molecule has 0 aliphatic carbocycles. The number of hydrogen-bond donors (Lipinski definition) is 4. The van der Waals surface area contributed by atoms with E-state index in [9.17, 15) is 9.36 Å². The summed E-state index contributed by atoms with van der Waals surface area (Å²) in [6.45, 7) is 1.20. The van der Waals surface area contributed by atoms with Crippen molar-refractivity contribution in [2.24, 2.45) is 5.73 Å². The fraction of sp³-hybridized carbons (Fsp3) is 0.750. The first kappa shape index (κ1) is 11.5. The van der Waals surface area contributed by atoms with Crippen molar-refractivity contribution < 1.29 is 28.8 Å². The molecule has 2 atom stereocenters. The summed E-state index contributed by atoms with van der Waals surface area (Å²) in [5, 5.41) is 8.71. The average molecular weight is 199 g/mol. The largest absolute Gasteiger partial charge is 0.527 e. The highest BCUT2D eigenvalue weighted by atomic mass is 31.2. The number of hydrogen-bond acceptors (Lipinski definition) is 5. The fourth-order valence-corrected chi connectivity index (χ4v) is 0.731. The monoisotopic (exact) mass is 199 g/mol. The lowest BCUT2D eigenvalue weighted by Gasteiger charge is -2.13. The first-order valence-corrected chi connectivity index (χ1v) is 4.49. The van der Waals surface area contributed by atoms with Gasteiger partial charge < -0.3 is 15.4 Å². The van der Waals surface area contributed by atoms with Crippen LogP contribution >= 0.6 is 7.82 Å². The van der Waals surface area contributed by atoms with E-state index in [1.54, 1.807) is 0 Å². The van der Waals surface area contributed by atoms with Crippen LogP contribution in [0, 0.1) is 0 Å². The summed E-state index contributed by atoms with van der Waals surface area (Å²) in [4.78, 5) is 26.9. The Morgan fingerprint density at radius 3 is 2.25 bits per heavy atom. The van der Waals surface area contributed by atoms with Gasteiger partial charge in [0.05, 0.1) is 6.10 Å². The topological polar surface area (TPSA) is 130 Å². The van der Waals surface area contributed by atoms with Crippen LogP contribution in [0.15, 0.2) is 0 Å². The molecule has 0 aliphatic heterocycles. The van der Waals surface area contributed by atoms with Gasteiger partial charge in [0.1, 0.15) is 6.04 Å². The van der Waals surface area contributed by atoms with Gasteiger partial charge >= 0.3 is 13.8 Å². The summed E-state index contributed by atoms with van der Waals surface area (Å²) in [6, 6.07) is -1.45. The predicted octanol–water partition coefficient (Wildman–Crippen LogP) is -1.67. The van der Waals surface area contributed by atoms with Gasteiger partial charge in [0.2, 0.25) is 0 Å². The molecule has 0 amide bonds. The molecule has 12 heavy (non-hydrogen) atoms. The molecule has 0 saturated carbocycles. The molecule has 0 bridgehead atoms. The lowest BCUT2D eigenvalue weighted by Crippen LogP contribution is -2.40. The zero-order valence-corrected chi connectivity index (χ0v) is 7.14. The van der Waals surface area contributed by atoms with Gasteiger partial charge in [-0.15, -0.1) is 0 Å². The van der Waals surface area contributed by atoms with Crippen molar-refractivity contribution in [1.29, 1.82) is 0 Å². The van der Waals surface area contributed by atoms with Crippen molar-refractivity contribution >= 4 is 13.8 Å². The Morgan fingerprint density at radius 2 is 2.00 bits per heavy atom. The van der Waals surface area contributed by atoms with Gasteiger partial charge in [-0.25, -0.2) is 9.36 Å². The highest BCUT2D eigenvalue weighted by Gasteiger charge is 2.27. The van der Waals surface area contributed by atoms with Crippen LogP contribution in [0.1, 0.15) is 6.92 Å². The van der Waals surface area contributed by atoms with Crippen molar-refractivity contribution in [2.75, 3.05) is 0 Å². The summed E-state index contributed by atoms with van der Waals surface area (Å²) in [7, 11) is -4.86. The lowest BCUT2D eigenvalue weighted by atomic mass is 10.2. The SMILES string of the molecule is C[C@H](O)[C@@H](N)C(=O)OP(=O)(O)O. The van der Waals surface area contributed by atoms with Crippen molar-refractivity contribution in [3.05, 3.63) is 0 Å². The maximum absolute atomic E-state index is 10.6. The van der Waals surface area contributed by atoms with Crippen LogP contribution < -0.4 is 5.73 Å². The summed E-state index contributed by atoms with van der Waals surface area (Å²) >= 11 is 0. The molecule has 0 heterocycles. The van der Waals surface area contributed by atoms with Crippen molar-refractivity contribution in [3.63, 3.8) is 0 Å². The minimum absolute atomic E-state index is 1.20. The van der Waals surface area contributed by atoms with Gasteiger partial charge in [-0.2, -0.15) is 0 Å². The second kappa shape index (κ2) is 3.97. The number of rotatable bonds is 3. The minimum Gasteiger partial charge on any atom is -0.391 e. The molecule has 0 fully saturated rings. The molecule has 8 heteroatoms. The van der Waals surface area contributed by atoms with Crippen LogP contribution in [0.2, 0.25) is 0 Å². The van der Waals surface area contributed by atoms with E-state index in [0.717, 1.165) is 0 Å². The fourth-order valence-electron chi connectivity index (χ4n) is 0.375. The number of carbonyl (C=O) groups excluding carboxylic acids is 1. The van der Waals surface area contributed by atoms with E-state index < -0.39 is 25.9 Å². The van der Waals surface area contributed by atoms with E-state index in [1.165, 1.54) is 6.92 Å². The van der Waals surface area contributed by atoms with Crippen LogP contribution in [-0.4, -0.2) is 33.0 Å². The van der Waals surface area contributed by atoms with Crippen LogP contribution in [-0.2, 0) is 13.9 Å². The minimum atomic E-state index is -4.86. The molecule has 72 valence electrons. The molecule has 0 aliphatic rings. The third-order valence-corrected chi connectivity index (χ3v) is 1.42. The second-order valence-electron chi connectivity index (χ2n) is 2.17. The Balaban J connectivity index is 4.15. The standard InChI is InChI=1S/C4H10NO6P/c1-2(6)3(5)4(7)11-12(8,9)10/h2-3,6H,5H2,1H3,(H2,8,9,10)/t2-,3+/m0/s1. The van der Waals surface area contributed by atoms with Gasteiger partial charge in [-0.1, -0.05) is 0 Å². The molecule has 0 rings (SSSR count). The Kier molecular flexibility index (Phi) is 3.82. The summed E-state index contributed by atoms with van der Waals surface area (Å²) in [5.74, 6) is -1.33. The van der Waals surface area contributed by atoms with Crippen LogP contribution in [0.25, 0.3) is 0 Å². The molecular formula is C4H10NO6P. The highest BCUT2D eigenvalue weighted by molar-refractivity contribution is 7.46. The maximum atomic E-state index is 10.6. The van der Waals surface area contributed by atoms with Crippen LogP contribution in [0.5, 0.6) is 0 Å². The second-order valence-corrected chi connectivity index (χ2v) is 3.33. The normalized spacial score (nSPS) is 16.8. The van der Waals surface area contributed by atoms with E-state index in [0.29, 0.717) is 0 Å². The van der Waals surface area contributed by atoms with Gasteiger partial charge in [0.15, 0.2) is 0 Å². The molecule has 0 spiro atoms. The zero-order chi connectivity index (χ0) is 9.94. The van der Waals surface area contributed by atoms with E-state index in [1.807, 2.05) is 0 Å². The number of phosphoric acid groups is 1. The first-order valence-electron chi connectivity index (χ1n) is 2.96. The first-order chi connectivity index (χ1) is 5.24. The molecule has 0 aromatic carbocycles. The Labute approximate surface area is 68.4 Å². The molecule has 0 radical (unpaired) electrons. The number of aliphatic hydroxyl groups excluding tert-OH is 1. The third kappa shape index (κ3) is 4.42. The summed E-state index contributed by atoms with van der Waals surface area (Å²) in [6.07, 6.45) is -1.22. The Morgan fingerprint density at radius 1 is 1.58 bits per heavy atom. The van der Waals surface area contributed by atoms with Gasteiger partial charge in [0, 0.05) is 0 Å². The van der Waals surface area contributed by atoms with Gasteiger partial charge in [-0.05, 0) is 6.92 Å². The van der Waals surface area contributed by atoms with Gasteiger partial charge in [0.25, 0.3) is 0 Å². The molecular weight excluding hydrogens is 189 g/mol. The zero-order valence-electron chi connectivity index (χ0n) is 6.25. The highest BCUT2D eigenvalue weighted by Crippen LogP contribution is 2.36. The quantitative estimate of drug-likeness (QED) is 0.399. The maximum Gasteiger partial charge on any atom is 0.527 e. The smallest absolute Gasteiger partial charge is 0.391 e. The molecule has 0 unspecified atom stereocenters. The molecule has 0 saturated heterocycles. The van der Waals surface area contributed by atoms with E-state index in [4.69, 9.17) is 20.6 Å². The summed E-state index contributed by atoms with van der Waals surface area (Å²) in [5.41, 5.74) is 5.00. The molecule has 0 aromatic heterocycles. The number of aliphatic hydroxyl groups is 1. The van der Waals surface area contributed by atoms with Crippen molar-refractivity contribution in [1.82, 2.24) is 0 Å². The van der Waals surface area contributed by atoms with Crippen molar-refractivity contribution in [2.45, 2.75) is 19.1 Å². The average Bonchev–Trinajstić information content (AvgIpc) is 1.82. The molecule has 0 aromatic rings. The predicted molar refractivity (Wildman–Crippen MR) is 37.8 cm³/mol. The third-order valence-electron chi connectivity index (χ3n) is 1.00. The van der Waals surface area contributed by atoms with E-state index in [2.05, 4.69) is 4.52 Å².